The van der Waals surface area contributed by atoms with Crippen molar-refractivity contribution in [2.24, 2.45) is 0 Å². The summed E-state index contributed by atoms with van der Waals surface area (Å²) in [5.74, 6) is -0.867. The van der Waals surface area contributed by atoms with Crippen molar-refractivity contribution in [1.82, 2.24) is 0 Å². The summed E-state index contributed by atoms with van der Waals surface area (Å²) < 4.78 is 16.7. The largest absolute Gasteiger partial charge is 0.462 e. The predicted octanol–water partition coefficient (Wildman–Crippen LogP) is 17.5. The van der Waals surface area contributed by atoms with E-state index in [1.54, 1.807) is 0 Å². The van der Waals surface area contributed by atoms with Gasteiger partial charge in [-0.3, -0.25) is 14.4 Å². The monoisotopic (exact) mass is 859 g/mol. The zero-order valence-electron chi connectivity index (χ0n) is 40.9. The first-order chi connectivity index (χ1) is 30.0. The Kier molecular flexibility index (Phi) is 48.8. The lowest BCUT2D eigenvalue weighted by Crippen LogP contribution is -2.30. The van der Waals surface area contributed by atoms with E-state index in [4.69, 9.17) is 14.2 Å². The molecule has 0 amide bonds. The van der Waals surface area contributed by atoms with Gasteiger partial charge in [-0.25, -0.2) is 0 Å². The number of carbonyl (C=O) groups is 3. The van der Waals surface area contributed by atoms with Crippen LogP contribution in [0.15, 0.2) is 24.3 Å². The highest BCUT2D eigenvalue weighted by molar-refractivity contribution is 5.71. The summed E-state index contributed by atoms with van der Waals surface area (Å²) in [5.41, 5.74) is 0. The predicted molar refractivity (Wildman–Crippen MR) is 261 cm³/mol. The first-order valence-electron chi connectivity index (χ1n) is 26.8. The Labute approximate surface area is 379 Å². The Morgan fingerprint density at radius 1 is 0.328 bits per heavy atom. The van der Waals surface area contributed by atoms with Crippen LogP contribution in [0, 0.1) is 0 Å². The molecule has 0 saturated heterocycles. The van der Waals surface area contributed by atoms with Crippen LogP contribution >= 0.6 is 0 Å². The third-order valence-electron chi connectivity index (χ3n) is 12.0. The van der Waals surface area contributed by atoms with E-state index < -0.39 is 6.10 Å². The fourth-order valence-electron chi connectivity index (χ4n) is 7.89. The molecule has 1 unspecified atom stereocenters. The van der Waals surface area contributed by atoms with Gasteiger partial charge in [0.1, 0.15) is 13.2 Å². The Hall–Kier alpha value is -2.11. The Morgan fingerprint density at radius 2 is 0.590 bits per heavy atom. The molecular weight excluding hydrogens is 757 g/mol. The summed E-state index contributed by atoms with van der Waals surface area (Å²) in [6.07, 6.45) is 57.6. The number of carbonyl (C=O) groups excluding carboxylic acids is 3. The molecule has 61 heavy (non-hydrogen) atoms. The van der Waals surface area contributed by atoms with Crippen LogP contribution in [-0.2, 0) is 28.6 Å². The molecule has 0 fully saturated rings. The highest BCUT2D eigenvalue weighted by Gasteiger charge is 2.19. The van der Waals surface area contributed by atoms with E-state index in [1.165, 1.54) is 186 Å². The van der Waals surface area contributed by atoms with E-state index >= 15 is 0 Å². The quantitative estimate of drug-likeness (QED) is 0.0262. The van der Waals surface area contributed by atoms with Gasteiger partial charge in [0.05, 0.1) is 0 Å². The van der Waals surface area contributed by atoms with E-state index in [0.29, 0.717) is 19.3 Å². The highest BCUT2D eigenvalue weighted by atomic mass is 16.6. The number of unbranched alkanes of at least 4 members (excludes halogenated alkanes) is 34. The van der Waals surface area contributed by atoms with E-state index in [2.05, 4.69) is 45.1 Å². The van der Waals surface area contributed by atoms with Gasteiger partial charge in [0.2, 0.25) is 0 Å². The summed E-state index contributed by atoms with van der Waals surface area (Å²) in [7, 11) is 0. The summed E-state index contributed by atoms with van der Waals surface area (Å²) in [4.78, 5) is 37.8. The summed E-state index contributed by atoms with van der Waals surface area (Å²) in [6.45, 7) is 6.59. The molecule has 0 aromatic heterocycles. The third-order valence-corrected chi connectivity index (χ3v) is 12.0. The molecule has 0 aliphatic carbocycles. The molecule has 1 atom stereocenters. The standard InChI is InChI=1S/C55H102O6/c1-4-7-10-13-16-18-20-22-24-26-28-30-31-33-35-37-39-42-45-48-54(57)60-51-52(50-59-53(56)47-44-41-15-12-9-6-3)61-55(58)49-46-43-40-38-36-34-32-29-27-25-23-21-19-17-14-11-8-5-2/h16,18,22,24,52H,4-15,17,19-21,23,25-51H2,1-3H3/b18-16-,24-22-. The van der Waals surface area contributed by atoms with Crippen molar-refractivity contribution in [2.45, 2.75) is 297 Å². The minimum Gasteiger partial charge on any atom is -0.462 e. The molecule has 0 saturated carbocycles. The lowest BCUT2D eigenvalue weighted by atomic mass is 10.0. The van der Waals surface area contributed by atoms with Crippen LogP contribution in [0.1, 0.15) is 290 Å². The van der Waals surface area contributed by atoms with Crippen LogP contribution in [0.25, 0.3) is 0 Å². The van der Waals surface area contributed by atoms with Crippen molar-refractivity contribution in [3.8, 4) is 0 Å². The van der Waals surface area contributed by atoms with E-state index in [1.807, 2.05) is 0 Å². The van der Waals surface area contributed by atoms with E-state index in [-0.39, 0.29) is 31.1 Å². The van der Waals surface area contributed by atoms with Gasteiger partial charge in [0.15, 0.2) is 6.10 Å². The Balaban J connectivity index is 4.15. The second kappa shape index (κ2) is 50.5. The summed E-state index contributed by atoms with van der Waals surface area (Å²) in [5, 5.41) is 0. The molecule has 0 bridgehead atoms. The number of rotatable bonds is 49. The first kappa shape index (κ1) is 58.9. The van der Waals surface area contributed by atoms with E-state index in [9.17, 15) is 14.4 Å². The molecule has 0 rings (SSSR count). The van der Waals surface area contributed by atoms with Gasteiger partial charge in [0, 0.05) is 19.3 Å². The molecule has 0 heterocycles. The van der Waals surface area contributed by atoms with Crippen LogP contribution < -0.4 is 0 Å². The minimum absolute atomic E-state index is 0.0691. The molecule has 0 aliphatic rings. The molecule has 0 aliphatic heterocycles. The van der Waals surface area contributed by atoms with E-state index in [0.717, 1.165) is 64.2 Å². The van der Waals surface area contributed by atoms with Crippen LogP contribution in [0.2, 0.25) is 0 Å². The minimum atomic E-state index is -0.765. The first-order valence-corrected chi connectivity index (χ1v) is 26.8. The molecule has 0 radical (unpaired) electrons. The van der Waals surface area contributed by atoms with Crippen molar-refractivity contribution in [1.29, 1.82) is 0 Å². The maximum absolute atomic E-state index is 12.8. The van der Waals surface area contributed by atoms with Crippen LogP contribution in [0.5, 0.6) is 0 Å². The lowest BCUT2D eigenvalue weighted by Gasteiger charge is -2.18. The van der Waals surface area contributed by atoms with Gasteiger partial charge in [-0.1, -0.05) is 244 Å². The number of ether oxygens (including phenoxy) is 3. The second-order valence-electron chi connectivity index (χ2n) is 18.2. The number of hydrogen-bond acceptors (Lipinski definition) is 6. The fraction of sp³-hybridized carbons (Fsp3) is 0.873. The maximum Gasteiger partial charge on any atom is 0.306 e. The fourth-order valence-corrected chi connectivity index (χ4v) is 7.89. The van der Waals surface area contributed by atoms with Crippen molar-refractivity contribution < 1.29 is 28.6 Å². The third kappa shape index (κ3) is 48.8. The second-order valence-corrected chi connectivity index (χ2v) is 18.2. The molecule has 0 aromatic carbocycles. The SMILES string of the molecule is CCCCC/C=C\C/C=C\CCCCCCCCCCCC(=O)OCC(COC(=O)CCCCCCCC)OC(=O)CCCCCCCCCCCCCCCCCCCC. The molecule has 6 heteroatoms. The van der Waals surface area contributed by atoms with Gasteiger partial charge in [-0.15, -0.1) is 0 Å². The van der Waals surface area contributed by atoms with Crippen molar-refractivity contribution >= 4 is 17.9 Å². The zero-order valence-corrected chi connectivity index (χ0v) is 40.9. The average Bonchev–Trinajstić information content (AvgIpc) is 3.26. The number of hydrogen-bond donors (Lipinski definition) is 0. The smallest absolute Gasteiger partial charge is 0.306 e. The molecule has 0 N–H and O–H groups in total. The number of allylic oxidation sites excluding steroid dienone is 4. The molecule has 358 valence electrons. The van der Waals surface area contributed by atoms with Crippen molar-refractivity contribution in [3.05, 3.63) is 24.3 Å². The topological polar surface area (TPSA) is 78.9 Å². The van der Waals surface area contributed by atoms with Gasteiger partial charge >= 0.3 is 17.9 Å². The van der Waals surface area contributed by atoms with Gasteiger partial charge in [-0.05, 0) is 51.4 Å². The van der Waals surface area contributed by atoms with Crippen molar-refractivity contribution in [2.75, 3.05) is 13.2 Å². The zero-order chi connectivity index (χ0) is 44.4. The number of esters is 3. The molecular formula is C55H102O6. The van der Waals surface area contributed by atoms with Crippen molar-refractivity contribution in [3.63, 3.8) is 0 Å². The molecule has 0 aromatic rings. The molecule has 6 nitrogen and oxygen atoms in total. The summed E-state index contributed by atoms with van der Waals surface area (Å²) >= 11 is 0. The van der Waals surface area contributed by atoms with Gasteiger partial charge < -0.3 is 14.2 Å². The Bertz CT molecular complexity index is 989. The summed E-state index contributed by atoms with van der Waals surface area (Å²) in [6, 6.07) is 0. The average molecular weight is 859 g/mol. The van der Waals surface area contributed by atoms with Crippen LogP contribution in [0.4, 0.5) is 0 Å². The highest BCUT2D eigenvalue weighted by Crippen LogP contribution is 2.16. The normalized spacial score (nSPS) is 12.1. The van der Waals surface area contributed by atoms with Gasteiger partial charge in [0.25, 0.3) is 0 Å². The van der Waals surface area contributed by atoms with Crippen LogP contribution in [0.3, 0.4) is 0 Å². The molecule has 0 spiro atoms. The lowest BCUT2D eigenvalue weighted by molar-refractivity contribution is -0.167. The maximum atomic E-state index is 12.8. The Morgan fingerprint density at radius 3 is 0.934 bits per heavy atom. The van der Waals surface area contributed by atoms with Crippen LogP contribution in [-0.4, -0.2) is 37.2 Å². The van der Waals surface area contributed by atoms with Gasteiger partial charge in [-0.2, -0.15) is 0 Å².